The quantitative estimate of drug-likeness (QED) is 0.846. The topological polar surface area (TPSA) is 41.6 Å². The molecule has 1 aromatic carbocycles. The highest BCUT2D eigenvalue weighted by atomic mass is 32.1. The molecule has 1 aliphatic rings. The largest absolute Gasteiger partial charge is 0.493 e. The molecule has 0 radical (unpaired) electrons. The maximum Gasteiger partial charge on any atom is 0.261 e. The van der Waals surface area contributed by atoms with Gasteiger partial charge in [-0.15, -0.1) is 0 Å². The van der Waals surface area contributed by atoms with Crippen LogP contribution in [0.15, 0.2) is 24.3 Å². The second-order valence-electron chi connectivity index (χ2n) is 5.98. The fourth-order valence-electron chi connectivity index (χ4n) is 2.35. The van der Waals surface area contributed by atoms with Crippen LogP contribution in [-0.2, 0) is 0 Å². The zero-order valence-electron chi connectivity index (χ0n) is 13.3. The third kappa shape index (κ3) is 4.70. The molecule has 0 spiro atoms. The number of para-hydroxylation sites is 1. The predicted octanol–water partition coefficient (Wildman–Crippen LogP) is 3.22. The van der Waals surface area contributed by atoms with Crippen molar-refractivity contribution in [1.82, 2.24) is 10.2 Å². The number of benzene rings is 1. The minimum Gasteiger partial charge on any atom is -0.493 e. The Morgan fingerprint density at radius 1 is 1.32 bits per heavy atom. The number of nitrogens with one attached hydrogen (secondary N) is 1. The van der Waals surface area contributed by atoms with Crippen molar-refractivity contribution in [3.63, 3.8) is 0 Å². The van der Waals surface area contributed by atoms with Crippen LogP contribution in [0.4, 0.5) is 0 Å². The van der Waals surface area contributed by atoms with Crippen LogP contribution < -0.4 is 10.1 Å². The van der Waals surface area contributed by atoms with Crippen molar-refractivity contribution in [3.05, 3.63) is 29.8 Å². The molecule has 120 valence electrons. The van der Waals surface area contributed by atoms with Gasteiger partial charge in [-0.25, -0.2) is 0 Å². The van der Waals surface area contributed by atoms with Crippen LogP contribution in [0.3, 0.4) is 0 Å². The van der Waals surface area contributed by atoms with Crippen LogP contribution in [0, 0.1) is 5.92 Å². The molecule has 1 aliphatic heterocycles. The second kappa shape index (κ2) is 8.13. The average molecular weight is 320 g/mol. The third-order valence-corrected chi connectivity index (χ3v) is 4.06. The lowest BCUT2D eigenvalue weighted by Crippen LogP contribution is -2.41. The molecule has 2 rings (SSSR count). The van der Waals surface area contributed by atoms with E-state index in [2.05, 4.69) is 19.2 Å². The minimum absolute atomic E-state index is 0.197. The number of ether oxygens (including phenoxy) is 1. The van der Waals surface area contributed by atoms with Gasteiger partial charge in [0.15, 0.2) is 5.11 Å². The zero-order valence-corrected chi connectivity index (χ0v) is 14.1. The van der Waals surface area contributed by atoms with Crippen LogP contribution in [0.25, 0.3) is 0 Å². The van der Waals surface area contributed by atoms with E-state index >= 15 is 0 Å². The molecule has 0 atom stereocenters. The molecule has 5 heteroatoms. The first-order valence-electron chi connectivity index (χ1n) is 7.90. The molecule has 0 bridgehead atoms. The molecule has 0 unspecified atom stereocenters. The molecule has 1 amide bonds. The first-order valence-corrected chi connectivity index (χ1v) is 8.31. The molecule has 0 aromatic heterocycles. The fourth-order valence-corrected chi connectivity index (χ4v) is 2.62. The summed E-state index contributed by atoms with van der Waals surface area (Å²) < 4.78 is 5.76. The van der Waals surface area contributed by atoms with Gasteiger partial charge >= 0.3 is 0 Å². The van der Waals surface area contributed by atoms with Gasteiger partial charge in [-0.1, -0.05) is 26.0 Å². The Hall–Kier alpha value is -1.62. The maximum atomic E-state index is 12.4. The molecule has 1 fully saturated rings. The summed E-state index contributed by atoms with van der Waals surface area (Å²) in [7, 11) is 0. The molecule has 4 nitrogen and oxygen atoms in total. The van der Waals surface area contributed by atoms with Crippen molar-refractivity contribution in [2.75, 3.05) is 19.7 Å². The molecular weight excluding hydrogens is 296 g/mol. The number of nitrogens with zero attached hydrogens (tertiary/aromatic N) is 1. The molecular formula is C17H24N2O2S. The van der Waals surface area contributed by atoms with Crippen molar-refractivity contribution in [2.45, 2.75) is 33.1 Å². The Bertz CT molecular complexity index is 525. The molecule has 0 saturated carbocycles. The Morgan fingerprint density at radius 3 is 2.68 bits per heavy atom. The fraction of sp³-hybridized carbons (Fsp3) is 0.529. The smallest absolute Gasteiger partial charge is 0.261 e. The standard InChI is InChI=1S/C17H24N2O2S/c1-13(2)9-12-21-15-8-4-3-7-14(15)16(20)18-17(22)19-10-5-6-11-19/h3-4,7-8,13H,5-6,9-12H2,1-2H3,(H,18,20,22). The van der Waals surface area contributed by atoms with Crippen LogP contribution >= 0.6 is 12.2 Å². The van der Waals surface area contributed by atoms with Gasteiger partial charge in [-0.05, 0) is 49.5 Å². The van der Waals surface area contributed by atoms with Gasteiger partial charge in [0.1, 0.15) is 5.75 Å². The SMILES string of the molecule is CC(C)CCOc1ccccc1C(=O)NC(=S)N1CCCC1. The molecule has 1 aromatic rings. The highest BCUT2D eigenvalue weighted by molar-refractivity contribution is 7.80. The minimum atomic E-state index is -0.197. The van der Waals surface area contributed by atoms with Crippen molar-refractivity contribution >= 4 is 23.2 Å². The molecule has 1 saturated heterocycles. The van der Waals surface area contributed by atoms with Crippen LogP contribution in [0.1, 0.15) is 43.5 Å². The van der Waals surface area contributed by atoms with E-state index in [0.29, 0.717) is 29.0 Å². The van der Waals surface area contributed by atoms with Crippen LogP contribution in [0.2, 0.25) is 0 Å². The molecule has 1 N–H and O–H groups in total. The summed E-state index contributed by atoms with van der Waals surface area (Å²) in [5.74, 6) is 0.991. The Morgan fingerprint density at radius 2 is 2.00 bits per heavy atom. The molecule has 0 aliphatic carbocycles. The van der Waals surface area contributed by atoms with E-state index in [1.54, 1.807) is 6.07 Å². The maximum absolute atomic E-state index is 12.4. The summed E-state index contributed by atoms with van der Waals surface area (Å²) in [5.41, 5.74) is 0.535. The third-order valence-electron chi connectivity index (χ3n) is 3.70. The van der Waals surface area contributed by atoms with E-state index in [4.69, 9.17) is 17.0 Å². The van der Waals surface area contributed by atoms with Gasteiger partial charge in [0, 0.05) is 13.1 Å². The van der Waals surface area contributed by atoms with Gasteiger partial charge < -0.3 is 9.64 Å². The first kappa shape index (κ1) is 16.7. The molecule has 22 heavy (non-hydrogen) atoms. The van der Waals surface area contributed by atoms with Crippen molar-refractivity contribution < 1.29 is 9.53 Å². The summed E-state index contributed by atoms with van der Waals surface area (Å²) in [6, 6.07) is 7.31. The first-order chi connectivity index (χ1) is 10.6. The monoisotopic (exact) mass is 320 g/mol. The number of hydrogen-bond donors (Lipinski definition) is 1. The summed E-state index contributed by atoms with van der Waals surface area (Å²) in [6.07, 6.45) is 3.22. The van der Waals surface area contributed by atoms with E-state index in [-0.39, 0.29) is 5.91 Å². The second-order valence-corrected chi connectivity index (χ2v) is 6.37. The van der Waals surface area contributed by atoms with Gasteiger partial charge in [-0.3, -0.25) is 10.1 Å². The number of rotatable bonds is 5. The highest BCUT2D eigenvalue weighted by Crippen LogP contribution is 2.19. The predicted molar refractivity (Wildman–Crippen MR) is 92.3 cm³/mol. The van der Waals surface area contributed by atoms with Gasteiger partial charge in [0.05, 0.1) is 12.2 Å². The van der Waals surface area contributed by atoms with Crippen molar-refractivity contribution in [1.29, 1.82) is 0 Å². The normalized spacial score (nSPS) is 14.2. The van der Waals surface area contributed by atoms with E-state index in [9.17, 15) is 4.79 Å². The highest BCUT2D eigenvalue weighted by Gasteiger charge is 2.19. The van der Waals surface area contributed by atoms with E-state index < -0.39 is 0 Å². The zero-order chi connectivity index (χ0) is 15.9. The average Bonchev–Trinajstić information content (AvgIpc) is 3.01. The number of carbonyl (C=O) groups excluding carboxylic acids is 1. The summed E-state index contributed by atoms with van der Waals surface area (Å²) in [6.45, 7) is 6.75. The summed E-state index contributed by atoms with van der Waals surface area (Å²) in [4.78, 5) is 14.5. The van der Waals surface area contributed by atoms with Gasteiger partial charge in [0.25, 0.3) is 5.91 Å². The van der Waals surface area contributed by atoms with E-state index in [0.717, 1.165) is 32.4 Å². The lowest BCUT2D eigenvalue weighted by Gasteiger charge is -2.19. The van der Waals surface area contributed by atoms with Crippen LogP contribution in [0.5, 0.6) is 5.75 Å². The lowest BCUT2D eigenvalue weighted by molar-refractivity contribution is 0.0969. The summed E-state index contributed by atoms with van der Waals surface area (Å²) in [5, 5.41) is 3.33. The Kier molecular flexibility index (Phi) is 6.19. The summed E-state index contributed by atoms with van der Waals surface area (Å²) >= 11 is 5.31. The number of carbonyl (C=O) groups is 1. The van der Waals surface area contributed by atoms with E-state index in [1.807, 2.05) is 23.1 Å². The lowest BCUT2D eigenvalue weighted by atomic mass is 10.1. The number of likely N-dealkylation sites (tertiary alicyclic amines) is 1. The van der Waals surface area contributed by atoms with E-state index in [1.165, 1.54) is 0 Å². The van der Waals surface area contributed by atoms with Crippen molar-refractivity contribution in [2.24, 2.45) is 5.92 Å². The van der Waals surface area contributed by atoms with Gasteiger partial charge in [-0.2, -0.15) is 0 Å². The Labute approximate surface area is 137 Å². The molecule has 1 heterocycles. The number of hydrogen-bond acceptors (Lipinski definition) is 3. The van der Waals surface area contributed by atoms with Crippen LogP contribution in [-0.4, -0.2) is 35.6 Å². The Balaban J connectivity index is 1.97. The number of amides is 1. The van der Waals surface area contributed by atoms with Gasteiger partial charge in [0.2, 0.25) is 0 Å². The number of thiocarbonyl (C=S) groups is 1. The van der Waals surface area contributed by atoms with Crippen molar-refractivity contribution in [3.8, 4) is 5.75 Å².